The van der Waals surface area contributed by atoms with Gasteiger partial charge in [-0.3, -0.25) is 4.79 Å². The summed E-state index contributed by atoms with van der Waals surface area (Å²) in [6.45, 7) is 0. The predicted octanol–water partition coefficient (Wildman–Crippen LogP) is 4.56. The van der Waals surface area contributed by atoms with Crippen molar-refractivity contribution in [2.24, 2.45) is 5.10 Å². The van der Waals surface area contributed by atoms with Crippen LogP contribution in [0.15, 0.2) is 84.0 Å². The maximum absolute atomic E-state index is 12.8. The van der Waals surface area contributed by atoms with E-state index in [1.165, 1.54) is 21.3 Å². The van der Waals surface area contributed by atoms with Crippen LogP contribution in [-0.4, -0.2) is 32.9 Å². The molecule has 0 atom stereocenters. The molecule has 0 saturated carbocycles. The smallest absolute Gasteiger partial charge is 0.271 e. The summed E-state index contributed by atoms with van der Waals surface area (Å²) in [6.07, 6.45) is 3.80. The molecular weight excluding hydrogens is 392 g/mol. The largest absolute Gasteiger partial charge is 0.493 e. The first-order chi connectivity index (χ1) is 15.2. The van der Waals surface area contributed by atoms with E-state index in [4.69, 9.17) is 14.2 Å². The zero-order valence-corrected chi connectivity index (χ0v) is 17.7. The quantitative estimate of drug-likeness (QED) is 0.432. The molecule has 0 spiro atoms. The third kappa shape index (κ3) is 5.51. The highest BCUT2D eigenvalue weighted by Crippen LogP contribution is 2.38. The maximum Gasteiger partial charge on any atom is 0.271 e. The molecule has 0 heterocycles. The minimum absolute atomic E-state index is 0.331. The fraction of sp³-hybridized carbons (Fsp3) is 0.120. The first-order valence-electron chi connectivity index (χ1n) is 9.63. The first-order valence-corrected chi connectivity index (χ1v) is 9.63. The van der Waals surface area contributed by atoms with Crippen molar-refractivity contribution in [2.45, 2.75) is 0 Å². The van der Waals surface area contributed by atoms with E-state index in [2.05, 4.69) is 10.5 Å². The molecule has 0 aliphatic heterocycles. The summed E-state index contributed by atoms with van der Waals surface area (Å²) >= 11 is 0. The Morgan fingerprint density at radius 2 is 1.39 bits per heavy atom. The number of carbonyl (C=O) groups is 1. The lowest BCUT2D eigenvalue weighted by Gasteiger charge is -2.13. The van der Waals surface area contributed by atoms with Gasteiger partial charge < -0.3 is 14.2 Å². The summed E-state index contributed by atoms with van der Waals surface area (Å²) in [5.74, 6) is 0.799. The third-order valence-electron chi connectivity index (χ3n) is 4.51. The number of allylic oxidation sites excluding steroid dienone is 1. The van der Waals surface area contributed by atoms with Crippen LogP contribution in [0.4, 0.5) is 0 Å². The van der Waals surface area contributed by atoms with Crippen LogP contribution in [0.25, 0.3) is 6.08 Å². The third-order valence-corrected chi connectivity index (χ3v) is 4.51. The van der Waals surface area contributed by atoms with Gasteiger partial charge in [-0.2, -0.15) is 5.10 Å². The minimum Gasteiger partial charge on any atom is -0.493 e. The van der Waals surface area contributed by atoms with E-state index in [1.54, 1.807) is 12.1 Å². The maximum atomic E-state index is 12.8. The van der Waals surface area contributed by atoms with Gasteiger partial charge in [0.25, 0.3) is 5.91 Å². The number of methoxy groups -OCH3 is 3. The van der Waals surface area contributed by atoms with E-state index >= 15 is 0 Å². The molecule has 0 radical (unpaired) electrons. The van der Waals surface area contributed by atoms with Crippen molar-refractivity contribution in [1.82, 2.24) is 5.43 Å². The van der Waals surface area contributed by atoms with Gasteiger partial charge in [0.05, 0.1) is 27.0 Å². The molecular formula is C25H24N2O4. The van der Waals surface area contributed by atoms with Crippen molar-refractivity contribution < 1.29 is 19.0 Å². The number of nitrogens with one attached hydrogen (secondary N) is 1. The van der Waals surface area contributed by atoms with E-state index in [-0.39, 0.29) is 0 Å². The van der Waals surface area contributed by atoms with Gasteiger partial charge in [0.2, 0.25) is 5.75 Å². The minimum atomic E-state index is -0.402. The number of ether oxygens (including phenoxy) is 3. The van der Waals surface area contributed by atoms with Gasteiger partial charge in [0.15, 0.2) is 11.5 Å². The Morgan fingerprint density at radius 3 is 1.94 bits per heavy atom. The van der Waals surface area contributed by atoms with E-state index < -0.39 is 5.91 Å². The van der Waals surface area contributed by atoms with Crippen LogP contribution in [0, 0.1) is 0 Å². The summed E-state index contributed by atoms with van der Waals surface area (Å²) in [4.78, 5) is 12.8. The van der Waals surface area contributed by atoms with E-state index in [0.29, 0.717) is 28.5 Å². The van der Waals surface area contributed by atoms with Crippen molar-refractivity contribution in [2.75, 3.05) is 21.3 Å². The topological polar surface area (TPSA) is 69.2 Å². The predicted molar refractivity (Wildman–Crippen MR) is 122 cm³/mol. The van der Waals surface area contributed by atoms with Crippen LogP contribution in [0.5, 0.6) is 17.2 Å². The molecule has 0 aromatic heterocycles. The number of amides is 1. The SMILES string of the molecule is COc1cc(C(=O)N/N=C(/C=C/c2ccccc2)c2ccccc2)cc(OC)c1OC. The number of hydrogen-bond donors (Lipinski definition) is 1. The normalized spacial score (nSPS) is 11.3. The molecule has 6 heteroatoms. The van der Waals surface area contributed by atoms with Crippen LogP contribution < -0.4 is 19.6 Å². The number of benzene rings is 3. The van der Waals surface area contributed by atoms with Crippen LogP contribution in [-0.2, 0) is 0 Å². The summed E-state index contributed by atoms with van der Waals surface area (Å²) in [5, 5.41) is 4.36. The highest BCUT2D eigenvalue weighted by molar-refractivity contribution is 6.11. The molecule has 3 rings (SSSR count). The Kier molecular flexibility index (Phi) is 7.43. The van der Waals surface area contributed by atoms with Crippen molar-refractivity contribution >= 4 is 17.7 Å². The molecule has 3 aromatic rings. The van der Waals surface area contributed by atoms with Crippen molar-refractivity contribution in [3.8, 4) is 17.2 Å². The zero-order chi connectivity index (χ0) is 22.1. The molecule has 0 fully saturated rings. The van der Waals surface area contributed by atoms with Crippen molar-refractivity contribution in [3.63, 3.8) is 0 Å². The van der Waals surface area contributed by atoms with Crippen LogP contribution in [0.2, 0.25) is 0 Å². The first kappa shape index (κ1) is 21.6. The van der Waals surface area contributed by atoms with Crippen LogP contribution in [0.3, 0.4) is 0 Å². The van der Waals surface area contributed by atoms with Crippen molar-refractivity contribution in [3.05, 3.63) is 95.6 Å². The van der Waals surface area contributed by atoms with Crippen LogP contribution >= 0.6 is 0 Å². The second-order valence-electron chi connectivity index (χ2n) is 6.46. The molecule has 6 nitrogen and oxygen atoms in total. The molecule has 1 N–H and O–H groups in total. The van der Waals surface area contributed by atoms with Crippen LogP contribution in [0.1, 0.15) is 21.5 Å². The molecule has 1 amide bonds. The zero-order valence-electron chi connectivity index (χ0n) is 17.7. The molecule has 0 bridgehead atoms. The van der Waals surface area contributed by atoms with Gasteiger partial charge >= 0.3 is 0 Å². The molecule has 158 valence electrons. The average Bonchev–Trinajstić information content (AvgIpc) is 2.84. The fourth-order valence-electron chi connectivity index (χ4n) is 2.93. The van der Waals surface area contributed by atoms with Gasteiger partial charge in [-0.25, -0.2) is 5.43 Å². The monoisotopic (exact) mass is 416 g/mol. The lowest BCUT2D eigenvalue weighted by atomic mass is 10.1. The van der Waals surface area contributed by atoms with Gasteiger partial charge in [-0.1, -0.05) is 66.7 Å². The summed E-state index contributed by atoms with van der Waals surface area (Å²) in [6, 6.07) is 22.7. The number of hydrazone groups is 1. The highest BCUT2D eigenvalue weighted by atomic mass is 16.5. The number of hydrogen-bond acceptors (Lipinski definition) is 5. The van der Waals surface area contributed by atoms with E-state index in [9.17, 15) is 4.79 Å². The lowest BCUT2D eigenvalue weighted by Crippen LogP contribution is -2.20. The Bertz CT molecular complexity index is 1050. The molecule has 0 aliphatic rings. The Hall–Kier alpha value is -4.06. The lowest BCUT2D eigenvalue weighted by molar-refractivity contribution is 0.0954. The van der Waals surface area contributed by atoms with Gasteiger partial charge in [0, 0.05) is 11.1 Å². The van der Waals surface area contributed by atoms with E-state index in [0.717, 1.165) is 11.1 Å². The van der Waals surface area contributed by atoms with Crippen molar-refractivity contribution in [1.29, 1.82) is 0 Å². The molecule has 3 aromatic carbocycles. The summed E-state index contributed by atoms with van der Waals surface area (Å²) < 4.78 is 15.9. The fourth-order valence-corrected chi connectivity index (χ4v) is 2.93. The number of nitrogens with zero attached hydrogens (tertiary/aromatic N) is 1. The summed E-state index contributed by atoms with van der Waals surface area (Å²) in [5.41, 5.74) is 5.47. The molecule has 0 unspecified atom stereocenters. The number of rotatable bonds is 8. The second-order valence-corrected chi connectivity index (χ2v) is 6.46. The van der Waals surface area contributed by atoms with Gasteiger partial charge in [-0.15, -0.1) is 0 Å². The molecule has 0 saturated heterocycles. The van der Waals surface area contributed by atoms with Gasteiger partial charge in [-0.05, 0) is 23.8 Å². The van der Waals surface area contributed by atoms with Gasteiger partial charge in [0.1, 0.15) is 0 Å². The van der Waals surface area contributed by atoms with E-state index in [1.807, 2.05) is 72.8 Å². The molecule has 31 heavy (non-hydrogen) atoms. The standard InChI is InChI=1S/C25H24N2O4/c1-29-22-16-20(17-23(30-2)24(22)31-3)25(28)27-26-21(19-12-8-5-9-13-19)15-14-18-10-6-4-7-11-18/h4-17H,1-3H3,(H,27,28)/b15-14+,26-21-. The second kappa shape index (κ2) is 10.6. The number of carbonyl (C=O) groups excluding carboxylic acids is 1. The Balaban J connectivity index is 1.89. The molecule has 0 aliphatic carbocycles. The highest BCUT2D eigenvalue weighted by Gasteiger charge is 2.17. The Labute approximate surface area is 181 Å². The Morgan fingerprint density at radius 1 is 0.806 bits per heavy atom. The average molecular weight is 416 g/mol. The summed E-state index contributed by atoms with van der Waals surface area (Å²) in [7, 11) is 4.51.